The molecular formula is C13H22N2O. The molecule has 1 heterocycles. The Bertz CT molecular complexity index is 334. The zero-order valence-electron chi connectivity index (χ0n) is 10.5. The van der Waals surface area contributed by atoms with Gasteiger partial charge in [-0.05, 0) is 38.4 Å². The zero-order chi connectivity index (χ0) is 11.5. The number of nitrogens with zero attached hydrogens (tertiary/aromatic N) is 1. The lowest BCUT2D eigenvalue weighted by molar-refractivity contribution is 0.280. The van der Waals surface area contributed by atoms with Crippen LogP contribution in [0.4, 0.5) is 0 Å². The zero-order valence-corrected chi connectivity index (χ0v) is 10.5. The Labute approximate surface area is 97.8 Å². The SMILES string of the molecule is CNCc1coc(CN(C)CC2CC2C)c1. The van der Waals surface area contributed by atoms with Gasteiger partial charge in [0.15, 0.2) is 0 Å². The molecule has 16 heavy (non-hydrogen) atoms. The minimum atomic E-state index is 0.882. The Balaban J connectivity index is 1.78. The Morgan fingerprint density at radius 1 is 1.56 bits per heavy atom. The van der Waals surface area contributed by atoms with E-state index < -0.39 is 0 Å². The Hall–Kier alpha value is -0.800. The van der Waals surface area contributed by atoms with Gasteiger partial charge in [0.1, 0.15) is 5.76 Å². The van der Waals surface area contributed by atoms with Crippen LogP contribution >= 0.6 is 0 Å². The molecule has 3 heteroatoms. The number of nitrogens with one attached hydrogen (secondary N) is 1. The fraction of sp³-hybridized carbons (Fsp3) is 0.692. The van der Waals surface area contributed by atoms with Crippen LogP contribution in [0.2, 0.25) is 0 Å². The first-order valence-corrected chi connectivity index (χ1v) is 6.08. The van der Waals surface area contributed by atoms with E-state index in [1.807, 2.05) is 13.3 Å². The fourth-order valence-corrected chi connectivity index (χ4v) is 2.19. The second kappa shape index (κ2) is 5.02. The van der Waals surface area contributed by atoms with Crippen molar-refractivity contribution >= 4 is 0 Å². The lowest BCUT2D eigenvalue weighted by Gasteiger charge is -2.14. The van der Waals surface area contributed by atoms with Gasteiger partial charge in [-0.3, -0.25) is 4.90 Å². The molecule has 0 saturated heterocycles. The minimum Gasteiger partial charge on any atom is -0.468 e. The minimum absolute atomic E-state index is 0.882. The summed E-state index contributed by atoms with van der Waals surface area (Å²) in [6, 6.07) is 2.14. The maximum Gasteiger partial charge on any atom is 0.118 e. The van der Waals surface area contributed by atoms with Gasteiger partial charge in [0.25, 0.3) is 0 Å². The van der Waals surface area contributed by atoms with E-state index in [-0.39, 0.29) is 0 Å². The molecule has 0 bridgehead atoms. The van der Waals surface area contributed by atoms with Gasteiger partial charge in [-0.15, -0.1) is 0 Å². The van der Waals surface area contributed by atoms with Crippen molar-refractivity contribution in [3.8, 4) is 0 Å². The average Bonchev–Trinajstić information content (AvgIpc) is 2.74. The highest BCUT2D eigenvalue weighted by atomic mass is 16.3. The first kappa shape index (κ1) is 11.7. The topological polar surface area (TPSA) is 28.4 Å². The molecule has 0 spiro atoms. The van der Waals surface area contributed by atoms with E-state index in [9.17, 15) is 0 Å². The Morgan fingerprint density at radius 3 is 2.94 bits per heavy atom. The van der Waals surface area contributed by atoms with E-state index in [1.54, 1.807) is 0 Å². The summed E-state index contributed by atoms with van der Waals surface area (Å²) in [5.41, 5.74) is 1.23. The average molecular weight is 222 g/mol. The van der Waals surface area contributed by atoms with Crippen LogP contribution in [0, 0.1) is 11.8 Å². The predicted octanol–water partition coefficient (Wildman–Crippen LogP) is 2.09. The molecule has 0 aromatic carbocycles. The van der Waals surface area contributed by atoms with Crippen molar-refractivity contribution in [2.75, 3.05) is 20.6 Å². The van der Waals surface area contributed by atoms with E-state index in [4.69, 9.17) is 4.42 Å². The maximum absolute atomic E-state index is 5.53. The van der Waals surface area contributed by atoms with Crippen LogP contribution in [0.1, 0.15) is 24.7 Å². The quantitative estimate of drug-likeness (QED) is 0.799. The Morgan fingerprint density at radius 2 is 2.31 bits per heavy atom. The lowest BCUT2D eigenvalue weighted by atomic mass is 10.3. The first-order valence-electron chi connectivity index (χ1n) is 6.08. The molecule has 1 fully saturated rings. The molecule has 90 valence electrons. The van der Waals surface area contributed by atoms with Crippen molar-refractivity contribution in [2.24, 2.45) is 11.8 Å². The van der Waals surface area contributed by atoms with E-state index in [0.29, 0.717) is 0 Å². The summed E-state index contributed by atoms with van der Waals surface area (Å²) in [7, 11) is 4.12. The first-order chi connectivity index (χ1) is 7.69. The Kier molecular flexibility index (Phi) is 3.66. The van der Waals surface area contributed by atoms with Gasteiger partial charge in [-0.25, -0.2) is 0 Å². The molecule has 3 nitrogen and oxygen atoms in total. The molecule has 1 N–H and O–H groups in total. The third-order valence-corrected chi connectivity index (χ3v) is 3.34. The van der Waals surface area contributed by atoms with E-state index in [2.05, 4.69) is 30.3 Å². The fourth-order valence-electron chi connectivity index (χ4n) is 2.19. The van der Waals surface area contributed by atoms with Gasteiger partial charge >= 0.3 is 0 Å². The van der Waals surface area contributed by atoms with Gasteiger partial charge in [0.05, 0.1) is 12.8 Å². The normalized spacial score (nSPS) is 24.0. The molecule has 1 saturated carbocycles. The van der Waals surface area contributed by atoms with Crippen molar-refractivity contribution in [3.63, 3.8) is 0 Å². The number of hydrogen-bond donors (Lipinski definition) is 1. The summed E-state index contributed by atoms with van der Waals surface area (Å²) in [6.07, 6.45) is 3.24. The monoisotopic (exact) mass is 222 g/mol. The molecule has 0 amide bonds. The van der Waals surface area contributed by atoms with Crippen molar-refractivity contribution in [3.05, 3.63) is 23.7 Å². The summed E-state index contributed by atoms with van der Waals surface area (Å²) in [5, 5.41) is 3.13. The van der Waals surface area contributed by atoms with Gasteiger partial charge in [-0.2, -0.15) is 0 Å². The highest BCUT2D eigenvalue weighted by Gasteiger charge is 2.33. The van der Waals surface area contributed by atoms with E-state index in [0.717, 1.165) is 30.7 Å². The smallest absolute Gasteiger partial charge is 0.118 e. The molecule has 2 unspecified atom stereocenters. The third kappa shape index (κ3) is 3.09. The standard InChI is InChI=1S/C13H22N2O/c1-10-4-12(10)7-15(3)8-13-5-11(6-14-2)9-16-13/h5,9-10,12,14H,4,6-8H2,1-3H3. The van der Waals surface area contributed by atoms with Gasteiger partial charge in [-0.1, -0.05) is 6.92 Å². The molecule has 0 aliphatic heterocycles. The number of furan rings is 1. The molecule has 1 aromatic rings. The number of rotatable bonds is 6. The van der Waals surface area contributed by atoms with Crippen LogP contribution in [0.3, 0.4) is 0 Å². The molecule has 0 radical (unpaired) electrons. The molecule has 1 aromatic heterocycles. The molecule has 2 atom stereocenters. The van der Waals surface area contributed by atoms with Crippen molar-refractivity contribution in [2.45, 2.75) is 26.4 Å². The van der Waals surface area contributed by atoms with Crippen molar-refractivity contribution in [1.29, 1.82) is 0 Å². The molecule has 1 aliphatic rings. The second-order valence-electron chi connectivity index (χ2n) is 5.12. The van der Waals surface area contributed by atoms with Crippen LogP contribution in [0.5, 0.6) is 0 Å². The second-order valence-corrected chi connectivity index (χ2v) is 5.12. The summed E-state index contributed by atoms with van der Waals surface area (Å²) in [6.45, 7) is 5.33. The van der Waals surface area contributed by atoms with E-state index in [1.165, 1.54) is 18.5 Å². The van der Waals surface area contributed by atoms with Gasteiger partial charge < -0.3 is 9.73 Å². The van der Waals surface area contributed by atoms with E-state index >= 15 is 0 Å². The van der Waals surface area contributed by atoms with Gasteiger partial charge in [0, 0.05) is 18.7 Å². The van der Waals surface area contributed by atoms with Crippen LogP contribution < -0.4 is 5.32 Å². The molecule has 2 rings (SSSR count). The van der Waals surface area contributed by atoms with Crippen LogP contribution in [-0.2, 0) is 13.1 Å². The number of hydrogen-bond acceptors (Lipinski definition) is 3. The van der Waals surface area contributed by atoms with Crippen LogP contribution in [0.25, 0.3) is 0 Å². The molecular weight excluding hydrogens is 200 g/mol. The van der Waals surface area contributed by atoms with Crippen LogP contribution in [-0.4, -0.2) is 25.5 Å². The summed E-state index contributed by atoms with van der Waals surface area (Å²) >= 11 is 0. The summed E-state index contributed by atoms with van der Waals surface area (Å²) in [5.74, 6) is 2.91. The summed E-state index contributed by atoms with van der Waals surface area (Å²) in [4.78, 5) is 2.36. The van der Waals surface area contributed by atoms with Gasteiger partial charge in [0.2, 0.25) is 0 Å². The van der Waals surface area contributed by atoms with Crippen molar-refractivity contribution in [1.82, 2.24) is 10.2 Å². The highest BCUT2D eigenvalue weighted by Crippen LogP contribution is 2.38. The van der Waals surface area contributed by atoms with Crippen molar-refractivity contribution < 1.29 is 4.42 Å². The highest BCUT2D eigenvalue weighted by molar-refractivity contribution is 5.12. The third-order valence-electron chi connectivity index (χ3n) is 3.34. The molecule has 1 aliphatic carbocycles. The predicted molar refractivity (Wildman–Crippen MR) is 65.1 cm³/mol. The lowest BCUT2D eigenvalue weighted by Crippen LogP contribution is -2.20. The van der Waals surface area contributed by atoms with Crippen LogP contribution in [0.15, 0.2) is 16.7 Å². The maximum atomic E-state index is 5.53. The largest absolute Gasteiger partial charge is 0.468 e. The summed E-state index contributed by atoms with van der Waals surface area (Å²) < 4.78 is 5.53.